The van der Waals surface area contributed by atoms with Crippen LogP contribution in [0.25, 0.3) is 0 Å². The van der Waals surface area contributed by atoms with Crippen LogP contribution in [-0.2, 0) is 0 Å². The second kappa shape index (κ2) is 6.90. The van der Waals surface area contributed by atoms with E-state index in [2.05, 4.69) is 12.2 Å². The Bertz CT molecular complexity index is 408. The van der Waals surface area contributed by atoms with Crippen molar-refractivity contribution in [3.05, 3.63) is 29.6 Å². The lowest BCUT2D eigenvalue weighted by Gasteiger charge is -2.27. The van der Waals surface area contributed by atoms with Crippen LogP contribution in [0.5, 0.6) is 5.75 Å². The SMILES string of the molecule is CCNC1CCCCCC1Oc1cccc(C)c1F. The molecule has 1 aromatic rings. The highest BCUT2D eigenvalue weighted by molar-refractivity contribution is 5.30. The molecule has 1 aromatic carbocycles. The first-order chi connectivity index (χ1) is 9.22. The van der Waals surface area contributed by atoms with Gasteiger partial charge < -0.3 is 10.1 Å². The third kappa shape index (κ3) is 3.69. The Morgan fingerprint density at radius 1 is 1.26 bits per heavy atom. The van der Waals surface area contributed by atoms with E-state index in [0.29, 0.717) is 17.4 Å². The van der Waals surface area contributed by atoms with Crippen molar-refractivity contribution >= 4 is 0 Å². The van der Waals surface area contributed by atoms with E-state index in [-0.39, 0.29) is 11.9 Å². The average Bonchev–Trinajstić information content (AvgIpc) is 2.62. The molecule has 2 rings (SSSR count). The molecular weight excluding hydrogens is 241 g/mol. The van der Waals surface area contributed by atoms with Crippen LogP contribution in [-0.4, -0.2) is 18.7 Å². The normalized spacial score (nSPS) is 23.9. The maximum absolute atomic E-state index is 14.0. The molecule has 0 heterocycles. The van der Waals surface area contributed by atoms with E-state index in [1.165, 1.54) is 19.3 Å². The highest BCUT2D eigenvalue weighted by Gasteiger charge is 2.25. The van der Waals surface area contributed by atoms with Gasteiger partial charge in [0.15, 0.2) is 11.6 Å². The van der Waals surface area contributed by atoms with Gasteiger partial charge in [-0.05, 0) is 44.4 Å². The number of hydrogen-bond donors (Lipinski definition) is 1. The van der Waals surface area contributed by atoms with Gasteiger partial charge in [-0.25, -0.2) is 4.39 Å². The minimum absolute atomic E-state index is 0.0822. The largest absolute Gasteiger partial charge is 0.486 e. The lowest BCUT2D eigenvalue weighted by molar-refractivity contribution is 0.139. The molecule has 2 unspecified atom stereocenters. The van der Waals surface area contributed by atoms with E-state index in [1.807, 2.05) is 6.07 Å². The predicted octanol–water partition coefficient (Wildman–Crippen LogP) is 3.82. The van der Waals surface area contributed by atoms with Crippen LogP contribution in [0, 0.1) is 12.7 Å². The molecule has 1 aliphatic rings. The molecule has 1 N–H and O–H groups in total. The van der Waals surface area contributed by atoms with Gasteiger partial charge in [0.1, 0.15) is 6.10 Å². The first-order valence-electron chi connectivity index (χ1n) is 7.37. The lowest BCUT2D eigenvalue weighted by Crippen LogP contribution is -2.42. The Balaban J connectivity index is 2.11. The number of hydrogen-bond acceptors (Lipinski definition) is 2. The fraction of sp³-hybridized carbons (Fsp3) is 0.625. The van der Waals surface area contributed by atoms with E-state index in [0.717, 1.165) is 19.4 Å². The summed E-state index contributed by atoms with van der Waals surface area (Å²) in [4.78, 5) is 0. The summed E-state index contributed by atoms with van der Waals surface area (Å²) in [5.41, 5.74) is 0.645. The van der Waals surface area contributed by atoms with Gasteiger partial charge in [-0.2, -0.15) is 0 Å². The predicted molar refractivity (Wildman–Crippen MR) is 76.1 cm³/mol. The Labute approximate surface area is 115 Å². The van der Waals surface area contributed by atoms with Crippen molar-refractivity contribution in [2.75, 3.05) is 6.54 Å². The molecular formula is C16H24FNO. The molecule has 106 valence electrons. The van der Waals surface area contributed by atoms with Gasteiger partial charge >= 0.3 is 0 Å². The second-order valence-corrected chi connectivity index (χ2v) is 5.35. The Morgan fingerprint density at radius 2 is 2.05 bits per heavy atom. The Morgan fingerprint density at radius 3 is 2.84 bits per heavy atom. The number of rotatable bonds is 4. The smallest absolute Gasteiger partial charge is 0.167 e. The molecule has 2 nitrogen and oxygen atoms in total. The molecule has 1 fully saturated rings. The highest BCUT2D eigenvalue weighted by atomic mass is 19.1. The molecule has 0 radical (unpaired) electrons. The fourth-order valence-corrected chi connectivity index (χ4v) is 2.78. The summed E-state index contributed by atoms with van der Waals surface area (Å²) in [5, 5.41) is 3.48. The van der Waals surface area contributed by atoms with Crippen molar-refractivity contribution in [2.45, 2.75) is 58.1 Å². The van der Waals surface area contributed by atoms with E-state index in [9.17, 15) is 4.39 Å². The number of benzene rings is 1. The van der Waals surface area contributed by atoms with Crippen LogP contribution in [0.1, 0.15) is 44.6 Å². The van der Waals surface area contributed by atoms with Crippen molar-refractivity contribution in [2.24, 2.45) is 0 Å². The van der Waals surface area contributed by atoms with Gasteiger partial charge in [-0.15, -0.1) is 0 Å². The zero-order valence-electron chi connectivity index (χ0n) is 11.9. The molecule has 2 atom stereocenters. The van der Waals surface area contributed by atoms with Gasteiger partial charge in [-0.1, -0.05) is 31.9 Å². The Kier molecular flexibility index (Phi) is 5.20. The van der Waals surface area contributed by atoms with E-state index in [1.54, 1.807) is 19.1 Å². The van der Waals surface area contributed by atoms with Crippen molar-refractivity contribution in [1.29, 1.82) is 0 Å². The third-order valence-corrected chi connectivity index (χ3v) is 3.85. The molecule has 0 amide bonds. The summed E-state index contributed by atoms with van der Waals surface area (Å²) in [7, 11) is 0. The number of likely N-dealkylation sites (N-methyl/N-ethyl adjacent to an activating group) is 1. The minimum atomic E-state index is -0.220. The summed E-state index contributed by atoms with van der Waals surface area (Å²) < 4.78 is 20.0. The zero-order chi connectivity index (χ0) is 13.7. The van der Waals surface area contributed by atoms with E-state index in [4.69, 9.17) is 4.74 Å². The number of halogens is 1. The summed E-state index contributed by atoms with van der Waals surface area (Å²) in [5.74, 6) is 0.178. The molecule has 3 heteroatoms. The van der Waals surface area contributed by atoms with Gasteiger partial charge in [0.2, 0.25) is 0 Å². The first-order valence-corrected chi connectivity index (χ1v) is 7.37. The number of aryl methyl sites for hydroxylation is 1. The summed E-state index contributed by atoms with van der Waals surface area (Å²) in [6.07, 6.45) is 5.85. The van der Waals surface area contributed by atoms with Gasteiger partial charge in [0, 0.05) is 6.04 Å². The van der Waals surface area contributed by atoms with Crippen LogP contribution in [0.4, 0.5) is 4.39 Å². The summed E-state index contributed by atoms with van der Waals surface area (Å²) >= 11 is 0. The second-order valence-electron chi connectivity index (χ2n) is 5.35. The lowest BCUT2D eigenvalue weighted by atomic mass is 10.1. The number of nitrogens with one attached hydrogen (secondary N) is 1. The standard InChI is InChI=1S/C16H24FNO/c1-3-18-13-9-5-4-6-10-14(13)19-15-11-7-8-12(2)16(15)17/h7-8,11,13-14,18H,3-6,9-10H2,1-2H3. The van der Waals surface area contributed by atoms with Gasteiger partial charge in [0.05, 0.1) is 0 Å². The van der Waals surface area contributed by atoms with Crippen molar-refractivity contribution in [1.82, 2.24) is 5.32 Å². The quantitative estimate of drug-likeness (QED) is 0.836. The average molecular weight is 265 g/mol. The van der Waals surface area contributed by atoms with Crippen LogP contribution in [0.2, 0.25) is 0 Å². The van der Waals surface area contributed by atoms with Crippen molar-refractivity contribution in [3.63, 3.8) is 0 Å². The monoisotopic (exact) mass is 265 g/mol. The van der Waals surface area contributed by atoms with Crippen molar-refractivity contribution in [3.8, 4) is 5.75 Å². The van der Waals surface area contributed by atoms with E-state index < -0.39 is 0 Å². The summed E-state index contributed by atoms with van der Waals surface area (Å²) in [6.45, 7) is 4.81. The van der Waals surface area contributed by atoms with Crippen LogP contribution < -0.4 is 10.1 Å². The highest BCUT2D eigenvalue weighted by Crippen LogP contribution is 2.26. The molecule has 0 bridgehead atoms. The molecule has 19 heavy (non-hydrogen) atoms. The molecule has 0 aromatic heterocycles. The van der Waals surface area contributed by atoms with Crippen LogP contribution >= 0.6 is 0 Å². The molecule has 0 spiro atoms. The fourth-order valence-electron chi connectivity index (χ4n) is 2.78. The summed E-state index contributed by atoms with van der Waals surface area (Å²) in [6, 6.07) is 5.70. The van der Waals surface area contributed by atoms with Gasteiger partial charge in [0.25, 0.3) is 0 Å². The number of ether oxygens (including phenoxy) is 1. The van der Waals surface area contributed by atoms with Crippen LogP contribution in [0.15, 0.2) is 18.2 Å². The van der Waals surface area contributed by atoms with Crippen LogP contribution in [0.3, 0.4) is 0 Å². The molecule has 1 aliphatic carbocycles. The van der Waals surface area contributed by atoms with Crippen molar-refractivity contribution < 1.29 is 9.13 Å². The molecule has 0 aliphatic heterocycles. The first kappa shape index (κ1) is 14.3. The van der Waals surface area contributed by atoms with E-state index >= 15 is 0 Å². The maximum atomic E-state index is 14.0. The molecule has 0 saturated heterocycles. The third-order valence-electron chi connectivity index (χ3n) is 3.85. The molecule has 1 saturated carbocycles. The zero-order valence-corrected chi connectivity index (χ0v) is 11.9. The maximum Gasteiger partial charge on any atom is 0.167 e. The minimum Gasteiger partial charge on any atom is -0.486 e. The topological polar surface area (TPSA) is 21.3 Å². The Hall–Kier alpha value is -1.09. The van der Waals surface area contributed by atoms with Gasteiger partial charge in [-0.3, -0.25) is 0 Å².